The second-order valence-electron chi connectivity index (χ2n) is 3.80. The van der Waals surface area contributed by atoms with Crippen molar-refractivity contribution >= 4 is 28.1 Å². The van der Waals surface area contributed by atoms with Gasteiger partial charge < -0.3 is 5.73 Å². The minimum atomic E-state index is -1.34. The van der Waals surface area contributed by atoms with E-state index < -0.39 is 16.6 Å². The zero-order valence-corrected chi connectivity index (χ0v) is 11.0. The van der Waals surface area contributed by atoms with E-state index in [1.807, 2.05) is 0 Å². The lowest BCUT2D eigenvalue weighted by atomic mass is 10.2. The summed E-state index contributed by atoms with van der Waals surface area (Å²) in [5.41, 5.74) is 6.49. The van der Waals surface area contributed by atoms with Crippen molar-refractivity contribution in [1.29, 1.82) is 0 Å². The minimum absolute atomic E-state index is 0.0792. The lowest BCUT2D eigenvalue weighted by Gasteiger charge is -2.05. The standard InChI is InChI=1S/C13H11ClFNOS/c14-10-4-5-13(15)9(6-10)8-18(17)12-3-1-2-11(16)7-12/h1-7H,8,16H2. The van der Waals surface area contributed by atoms with Crippen LogP contribution in [0.3, 0.4) is 0 Å². The zero-order chi connectivity index (χ0) is 13.1. The first-order valence-corrected chi connectivity index (χ1v) is 6.94. The second kappa shape index (κ2) is 5.50. The smallest absolute Gasteiger partial charge is 0.127 e. The first-order valence-electron chi connectivity index (χ1n) is 5.24. The molecule has 1 unspecified atom stereocenters. The van der Waals surface area contributed by atoms with E-state index in [2.05, 4.69) is 0 Å². The molecule has 2 aromatic rings. The molecule has 0 aliphatic rings. The molecule has 2 nitrogen and oxygen atoms in total. The van der Waals surface area contributed by atoms with E-state index in [-0.39, 0.29) is 5.75 Å². The maximum atomic E-state index is 13.5. The van der Waals surface area contributed by atoms with Gasteiger partial charge in [-0.15, -0.1) is 0 Å². The van der Waals surface area contributed by atoms with Crippen LogP contribution in [0.1, 0.15) is 5.56 Å². The highest BCUT2D eigenvalue weighted by Crippen LogP contribution is 2.20. The van der Waals surface area contributed by atoms with Gasteiger partial charge in [0.1, 0.15) is 5.82 Å². The van der Waals surface area contributed by atoms with Crippen molar-refractivity contribution in [2.24, 2.45) is 0 Å². The molecule has 0 aliphatic carbocycles. The molecule has 2 rings (SSSR count). The third kappa shape index (κ3) is 3.09. The van der Waals surface area contributed by atoms with Gasteiger partial charge in [-0.25, -0.2) is 4.39 Å². The Labute approximate surface area is 112 Å². The van der Waals surface area contributed by atoms with Crippen molar-refractivity contribution in [3.8, 4) is 0 Å². The highest BCUT2D eigenvalue weighted by atomic mass is 35.5. The average molecular weight is 284 g/mol. The van der Waals surface area contributed by atoms with Gasteiger partial charge in [0.2, 0.25) is 0 Å². The van der Waals surface area contributed by atoms with Crippen LogP contribution in [0.5, 0.6) is 0 Å². The molecule has 0 spiro atoms. The van der Waals surface area contributed by atoms with Gasteiger partial charge in [-0.05, 0) is 36.4 Å². The summed E-state index contributed by atoms with van der Waals surface area (Å²) < 4.78 is 25.6. The fourth-order valence-corrected chi connectivity index (χ4v) is 2.90. The van der Waals surface area contributed by atoms with E-state index >= 15 is 0 Å². The van der Waals surface area contributed by atoms with Crippen LogP contribution in [0.15, 0.2) is 47.4 Å². The van der Waals surface area contributed by atoms with E-state index in [0.29, 0.717) is 21.2 Å². The molecule has 5 heteroatoms. The van der Waals surface area contributed by atoms with Gasteiger partial charge in [-0.2, -0.15) is 0 Å². The molecule has 2 N–H and O–H groups in total. The summed E-state index contributed by atoms with van der Waals surface area (Å²) in [4.78, 5) is 0.578. The van der Waals surface area contributed by atoms with Gasteiger partial charge in [-0.3, -0.25) is 4.21 Å². The van der Waals surface area contributed by atoms with Gasteiger partial charge >= 0.3 is 0 Å². The Hall–Kier alpha value is -1.39. The van der Waals surface area contributed by atoms with Crippen LogP contribution < -0.4 is 5.73 Å². The molecule has 0 saturated heterocycles. The maximum Gasteiger partial charge on any atom is 0.127 e. The lowest BCUT2D eigenvalue weighted by Crippen LogP contribution is -2.00. The minimum Gasteiger partial charge on any atom is -0.399 e. The van der Waals surface area contributed by atoms with Crippen LogP contribution in [0.4, 0.5) is 10.1 Å². The van der Waals surface area contributed by atoms with Crippen LogP contribution in [-0.4, -0.2) is 4.21 Å². The van der Waals surface area contributed by atoms with Gasteiger partial charge in [0.15, 0.2) is 0 Å². The van der Waals surface area contributed by atoms with Gasteiger partial charge in [0.05, 0.1) is 16.6 Å². The number of halogens is 2. The number of benzene rings is 2. The number of nitrogen functional groups attached to an aromatic ring is 1. The molecule has 0 aliphatic heterocycles. The lowest BCUT2D eigenvalue weighted by molar-refractivity contribution is 0.615. The summed E-state index contributed by atoms with van der Waals surface area (Å²) in [7, 11) is -1.34. The van der Waals surface area contributed by atoms with Crippen LogP contribution in [0, 0.1) is 5.82 Å². The van der Waals surface area contributed by atoms with Crippen molar-refractivity contribution in [2.45, 2.75) is 10.6 Å². The quantitative estimate of drug-likeness (QED) is 0.878. The number of rotatable bonds is 3. The van der Waals surface area contributed by atoms with Gasteiger partial charge in [-0.1, -0.05) is 17.7 Å². The summed E-state index contributed by atoms with van der Waals surface area (Å²) in [6, 6.07) is 11.0. The summed E-state index contributed by atoms with van der Waals surface area (Å²) >= 11 is 5.79. The van der Waals surface area contributed by atoms with E-state index in [1.54, 1.807) is 24.3 Å². The number of hydrogen-bond donors (Lipinski definition) is 1. The maximum absolute atomic E-state index is 13.5. The van der Waals surface area contributed by atoms with E-state index in [0.717, 1.165) is 0 Å². The molecule has 0 radical (unpaired) electrons. The molecule has 2 aromatic carbocycles. The molecule has 94 valence electrons. The highest BCUT2D eigenvalue weighted by molar-refractivity contribution is 7.84. The van der Waals surface area contributed by atoms with Crippen molar-refractivity contribution in [3.63, 3.8) is 0 Å². The Balaban J connectivity index is 2.24. The molecule has 0 bridgehead atoms. The fraction of sp³-hybridized carbons (Fsp3) is 0.0769. The predicted octanol–water partition coefficient (Wildman–Crippen LogP) is 3.37. The SMILES string of the molecule is Nc1cccc(S(=O)Cc2cc(Cl)ccc2F)c1. The fourth-order valence-electron chi connectivity index (χ4n) is 1.53. The van der Waals surface area contributed by atoms with E-state index in [1.165, 1.54) is 18.2 Å². The summed E-state index contributed by atoms with van der Waals surface area (Å²) in [5.74, 6) is -0.327. The summed E-state index contributed by atoms with van der Waals surface area (Å²) in [5, 5.41) is 0.427. The summed E-state index contributed by atoms with van der Waals surface area (Å²) in [6.07, 6.45) is 0. The monoisotopic (exact) mass is 283 g/mol. The molecule has 0 amide bonds. The van der Waals surface area contributed by atoms with E-state index in [4.69, 9.17) is 17.3 Å². The summed E-state index contributed by atoms with van der Waals surface area (Å²) in [6.45, 7) is 0. The Bertz CT molecular complexity index is 603. The van der Waals surface area contributed by atoms with Crippen molar-refractivity contribution in [1.82, 2.24) is 0 Å². The Morgan fingerprint density at radius 3 is 2.72 bits per heavy atom. The molecule has 0 heterocycles. The van der Waals surface area contributed by atoms with Crippen molar-refractivity contribution < 1.29 is 8.60 Å². The molecular weight excluding hydrogens is 273 g/mol. The first kappa shape index (κ1) is 13.1. The van der Waals surface area contributed by atoms with E-state index in [9.17, 15) is 8.60 Å². The largest absolute Gasteiger partial charge is 0.399 e. The topological polar surface area (TPSA) is 43.1 Å². The molecule has 1 atom stereocenters. The highest BCUT2D eigenvalue weighted by Gasteiger charge is 2.10. The van der Waals surface area contributed by atoms with Crippen LogP contribution in [-0.2, 0) is 16.6 Å². The molecular formula is C13H11ClFNOS. The zero-order valence-electron chi connectivity index (χ0n) is 9.40. The Morgan fingerprint density at radius 1 is 1.22 bits per heavy atom. The average Bonchev–Trinajstić information content (AvgIpc) is 2.34. The Kier molecular flexibility index (Phi) is 3.99. The molecule has 0 aromatic heterocycles. The van der Waals surface area contributed by atoms with Crippen LogP contribution in [0.2, 0.25) is 5.02 Å². The third-order valence-corrected chi connectivity index (χ3v) is 4.00. The van der Waals surface area contributed by atoms with Gasteiger partial charge in [0, 0.05) is 21.2 Å². The number of anilines is 1. The Morgan fingerprint density at radius 2 is 2.00 bits per heavy atom. The second-order valence-corrected chi connectivity index (χ2v) is 5.69. The van der Waals surface area contributed by atoms with Crippen molar-refractivity contribution in [2.75, 3.05) is 5.73 Å². The van der Waals surface area contributed by atoms with Crippen molar-refractivity contribution in [3.05, 3.63) is 58.9 Å². The number of nitrogens with two attached hydrogens (primary N) is 1. The van der Waals surface area contributed by atoms with Crippen LogP contribution in [0.25, 0.3) is 0 Å². The van der Waals surface area contributed by atoms with Gasteiger partial charge in [0.25, 0.3) is 0 Å². The number of hydrogen-bond acceptors (Lipinski definition) is 2. The van der Waals surface area contributed by atoms with Crippen LogP contribution >= 0.6 is 11.6 Å². The molecule has 0 saturated carbocycles. The molecule has 18 heavy (non-hydrogen) atoms. The predicted molar refractivity (Wildman–Crippen MR) is 72.4 cm³/mol. The molecule has 0 fully saturated rings. The third-order valence-electron chi connectivity index (χ3n) is 2.42. The normalized spacial score (nSPS) is 12.3. The first-order chi connectivity index (χ1) is 8.56.